The zero-order chi connectivity index (χ0) is 29.2. The molecule has 5 rings (SSSR count). The van der Waals surface area contributed by atoms with E-state index in [-0.39, 0.29) is 42.1 Å². The zero-order valence-corrected chi connectivity index (χ0v) is 25.5. The molecule has 2 fully saturated rings. The van der Waals surface area contributed by atoms with Gasteiger partial charge in [0.2, 0.25) is 15.9 Å². The van der Waals surface area contributed by atoms with E-state index in [4.69, 9.17) is 23.2 Å². The molecule has 0 radical (unpaired) electrons. The van der Waals surface area contributed by atoms with Gasteiger partial charge in [0.15, 0.2) is 0 Å². The molecule has 5 nitrogen and oxygen atoms in total. The number of sulfonamides is 1. The Hall–Kier alpha value is -2.64. The quantitative estimate of drug-likeness (QED) is 0.228. The van der Waals surface area contributed by atoms with Gasteiger partial charge >= 0.3 is 0 Å². The number of carbonyl (C=O) groups excluding carboxylic acids is 1. The molecule has 3 aromatic rings. The molecule has 0 bridgehead atoms. The van der Waals surface area contributed by atoms with Crippen LogP contribution < -0.4 is 4.72 Å². The van der Waals surface area contributed by atoms with Crippen LogP contribution >= 0.6 is 23.2 Å². The van der Waals surface area contributed by atoms with E-state index in [9.17, 15) is 13.2 Å². The van der Waals surface area contributed by atoms with E-state index in [2.05, 4.69) is 17.4 Å². The van der Waals surface area contributed by atoms with Gasteiger partial charge in [0, 0.05) is 28.5 Å². The van der Waals surface area contributed by atoms with Gasteiger partial charge in [-0.15, -0.1) is 6.58 Å². The van der Waals surface area contributed by atoms with Crippen molar-refractivity contribution in [2.24, 2.45) is 11.3 Å². The van der Waals surface area contributed by atoms with Gasteiger partial charge in [0.1, 0.15) is 0 Å². The van der Waals surface area contributed by atoms with Crippen LogP contribution in [0, 0.1) is 11.3 Å². The Morgan fingerprint density at radius 1 is 1.00 bits per heavy atom. The molecule has 4 atom stereocenters. The lowest BCUT2D eigenvalue weighted by Crippen LogP contribution is -2.58. The first kappa shape index (κ1) is 29.8. The van der Waals surface area contributed by atoms with Crippen molar-refractivity contribution < 1.29 is 13.2 Å². The summed E-state index contributed by atoms with van der Waals surface area (Å²) in [5.74, 6) is 0.0489. The first-order valence-electron chi connectivity index (χ1n) is 14.1. The minimum atomic E-state index is -3.63. The summed E-state index contributed by atoms with van der Waals surface area (Å²) in [6.45, 7) is 6.12. The average Bonchev–Trinajstić information content (AvgIpc) is 3.77. The third-order valence-corrected chi connectivity index (χ3v) is 10.2. The molecule has 41 heavy (non-hydrogen) atoms. The lowest BCUT2D eigenvalue weighted by molar-refractivity contribution is -0.155. The van der Waals surface area contributed by atoms with Gasteiger partial charge in [-0.2, -0.15) is 0 Å². The predicted molar refractivity (Wildman–Crippen MR) is 166 cm³/mol. The van der Waals surface area contributed by atoms with Crippen molar-refractivity contribution in [3.8, 4) is 0 Å². The molecule has 216 valence electrons. The Bertz CT molecular complexity index is 1490. The van der Waals surface area contributed by atoms with Crippen LogP contribution in [-0.4, -0.2) is 31.8 Å². The van der Waals surface area contributed by atoms with Crippen molar-refractivity contribution in [2.45, 2.75) is 56.4 Å². The minimum absolute atomic E-state index is 0.0229. The van der Waals surface area contributed by atoms with E-state index >= 15 is 0 Å². The molecule has 1 aliphatic heterocycles. The van der Waals surface area contributed by atoms with Crippen LogP contribution in [0.5, 0.6) is 0 Å². The summed E-state index contributed by atoms with van der Waals surface area (Å²) >= 11 is 12.8. The summed E-state index contributed by atoms with van der Waals surface area (Å²) in [5.41, 5.74) is 2.03. The van der Waals surface area contributed by atoms with Gasteiger partial charge in [-0.1, -0.05) is 90.8 Å². The summed E-state index contributed by atoms with van der Waals surface area (Å²) in [6.07, 6.45) is 4.83. The van der Waals surface area contributed by atoms with Crippen LogP contribution in [0.4, 0.5) is 0 Å². The highest BCUT2D eigenvalue weighted by Crippen LogP contribution is 2.54. The third-order valence-electron chi connectivity index (χ3n) is 8.42. The number of hydrogen-bond donors (Lipinski definition) is 1. The van der Waals surface area contributed by atoms with Crippen LogP contribution in [0.2, 0.25) is 10.0 Å². The van der Waals surface area contributed by atoms with Crippen LogP contribution in [0.25, 0.3) is 0 Å². The summed E-state index contributed by atoms with van der Waals surface area (Å²) in [7, 11) is -3.63. The van der Waals surface area contributed by atoms with E-state index in [1.54, 1.807) is 12.1 Å². The van der Waals surface area contributed by atoms with E-state index in [1.807, 2.05) is 78.6 Å². The fraction of sp³-hybridized carbons (Fsp3) is 0.364. The monoisotopic (exact) mass is 610 g/mol. The Balaban J connectivity index is 1.56. The fourth-order valence-electron chi connectivity index (χ4n) is 6.28. The second-order valence-corrected chi connectivity index (χ2v) is 14.3. The lowest BCUT2D eigenvalue weighted by atomic mass is 9.67. The molecule has 1 heterocycles. The highest BCUT2D eigenvalue weighted by atomic mass is 35.5. The molecule has 0 spiro atoms. The summed E-state index contributed by atoms with van der Waals surface area (Å²) in [4.78, 5) is 16.6. The molecule has 3 unspecified atom stereocenters. The van der Waals surface area contributed by atoms with Crippen molar-refractivity contribution in [1.82, 2.24) is 9.62 Å². The van der Waals surface area contributed by atoms with Gasteiger partial charge in [0.05, 0.1) is 17.2 Å². The number of carbonyl (C=O) groups is 1. The first-order chi connectivity index (χ1) is 19.6. The van der Waals surface area contributed by atoms with Gasteiger partial charge in [0.25, 0.3) is 0 Å². The Kier molecular flexibility index (Phi) is 8.95. The van der Waals surface area contributed by atoms with Crippen LogP contribution in [0.3, 0.4) is 0 Å². The zero-order valence-electron chi connectivity index (χ0n) is 23.2. The maximum atomic E-state index is 14.6. The second kappa shape index (κ2) is 12.3. The van der Waals surface area contributed by atoms with E-state index < -0.39 is 15.4 Å². The van der Waals surface area contributed by atoms with E-state index in [0.29, 0.717) is 22.9 Å². The highest BCUT2D eigenvalue weighted by molar-refractivity contribution is 7.88. The number of nitrogens with one attached hydrogen (secondary N) is 1. The SMILES string of the molecule is C=CC[C@@]1(C)CC(c2cccc(Cl)c2)C(c2ccc(Cl)cc2)N(C(CNS(=O)(=O)Cc2ccccc2)C2CC2)C1=O. The minimum Gasteiger partial charge on any atom is -0.330 e. The molecule has 1 N–H and O–H groups in total. The third kappa shape index (κ3) is 6.89. The van der Waals surface area contributed by atoms with Gasteiger partial charge < -0.3 is 4.90 Å². The van der Waals surface area contributed by atoms with E-state index in [1.165, 1.54) is 0 Å². The van der Waals surface area contributed by atoms with Crippen molar-refractivity contribution in [2.75, 3.05) is 6.54 Å². The summed E-state index contributed by atoms with van der Waals surface area (Å²) in [6, 6.07) is 24.0. The molecule has 0 aromatic heterocycles. The number of benzene rings is 3. The second-order valence-electron chi connectivity index (χ2n) is 11.6. The Labute approximate surface area is 253 Å². The average molecular weight is 612 g/mol. The van der Waals surface area contributed by atoms with Crippen molar-refractivity contribution >= 4 is 39.1 Å². The maximum absolute atomic E-state index is 14.6. The van der Waals surface area contributed by atoms with Crippen molar-refractivity contribution in [1.29, 1.82) is 0 Å². The summed E-state index contributed by atoms with van der Waals surface area (Å²) in [5, 5.41) is 1.25. The number of halogens is 2. The normalized spacial score (nSPS) is 23.8. The fourth-order valence-corrected chi connectivity index (χ4v) is 7.77. The number of hydrogen-bond acceptors (Lipinski definition) is 3. The molecule has 1 amide bonds. The molecule has 3 aromatic carbocycles. The molecule has 1 aliphatic carbocycles. The van der Waals surface area contributed by atoms with Gasteiger partial charge in [-0.05, 0) is 72.6 Å². The molecule has 2 aliphatic rings. The Morgan fingerprint density at radius 2 is 1.71 bits per heavy atom. The molecule has 1 saturated carbocycles. The highest BCUT2D eigenvalue weighted by Gasteiger charge is 2.53. The predicted octanol–water partition coefficient (Wildman–Crippen LogP) is 7.53. The number of nitrogens with zero attached hydrogens (tertiary/aromatic N) is 1. The van der Waals surface area contributed by atoms with Gasteiger partial charge in [-0.3, -0.25) is 4.79 Å². The number of amides is 1. The first-order valence-corrected chi connectivity index (χ1v) is 16.5. The molecule has 1 saturated heterocycles. The summed E-state index contributed by atoms with van der Waals surface area (Å²) < 4.78 is 29.3. The Morgan fingerprint density at radius 3 is 2.34 bits per heavy atom. The van der Waals surface area contributed by atoms with Gasteiger partial charge in [-0.25, -0.2) is 13.1 Å². The van der Waals surface area contributed by atoms with Crippen LogP contribution in [-0.2, 0) is 20.6 Å². The standard InChI is InChI=1S/C33H36Cl2N2O3S/c1-3-18-33(2)20-29(26-10-7-11-28(35)19-26)31(25-14-16-27(34)17-15-25)37(32(33)38)30(24-12-13-24)21-36-41(39,40)22-23-8-5-4-6-9-23/h3-11,14-17,19,24,29-31,36H,1,12-13,18,20-22H2,2H3/t29?,30?,31?,33-/m0/s1. The van der Waals surface area contributed by atoms with Crippen molar-refractivity contribution in [3.63, 3.8) is 0 Å². The number of piperidine rings is 1. The van der Waals surface area contributed by atoms with E-state index in [0.717, 1.165) is 29.5 Å². The van der Waals surface area contributed by atoms with Crippen LogP contribution in [0.1, 0.15) is 61.3 Å². The lowest BCUT2D eigenvalue weighted by Gasteiger charge is -2.52. The molecule has 8 heteroatoms. The smallest absolute Gasteiger partial charge is 0.229 e. The van der Waals surface area contributed by atoms with Crippen LogP contribution in [0.15, 0.2) is 91.5 Å². The van der Waals surface area contributed by atoms with Crippen molar-refractivity contribution in [3.05, 3.63) is 118 Å². The number of rotatable bonds is 11. The molecular formula is C33H36Cl2N2O3S. The maximum Gasteiger partial charge on any atom is 0.229 e. The number of allylic oxidation sites excluding steroid dienone is 1. The molecular weight excluding hydrogens is 575 g/mol. The largest absolute Gasteiger partial charge is 0.330 e. The topological polar surface area (TPSA) is 66.5 Å². The number of likely N-dealkylation sites (tertiary alicyclic amines) is 1.